The second-order valence-corrected chi connectivity index (χ2v) is 6.23. The summed E-state index contributed by atoms with van der Waals surface area (Å²) in [5, 5.41) is 3.82. The van der Waals surface area contributed by atoms with E-state index in [-0.39, 0.29) is 0 Å². The standard InChI is InChI=1S/C15H20BrNO/c1-18-15-7-3-6-14(15)17-13-9-8-10-11(13)4-2-5-12(10)16/h2,4-5,13-15,17H,3,6-9H2,1H3. The van der Waals surface area contributed by atoms with Crippen molar-refractivity contribution in [2.75, 3.05) is 7.11 Å². The van der Waals surface area contributed by atoms with Crippen LogP contribution in [0.5, 0.6) is 0 Å². The molecule has 0 heterocycles. The fourth-order valence-electron chi connectivity index (χ4n) is 3.44. The number of ether oxygens (including phenoxy) is 1. The van der Waals surface area contributed by atoms with Gasteiger partial charge in [0.05, 0.1) is 6.10 Å². The molecule has 2 aliphatic carbocycles. The highest BCUT2D eigenvalue weighted by Gasteiger charge is 2.32. The second kappa shape index (κ2) is 5.32. The average molecular weight is 310 g/mol. The molecule has 1 fully saturated rings. The fraction of sp³-hybridized carbons (Fsp3) is 0.600. The van der Waals surface area contributed by atoms with Crippen LogP contribution in [-0.2, 0) is 11.2 Å². The molecular weight excluding hydrogens is 290 g/mol. The molecule has 1 saturated carbocycles. The molecule has 0 spiro atoms. The van der Waals surface area contributed by atoms with Gasteiger partial charge in [-0.05, 0) is 49.3 Å². The highest BCUT2D eigenvalue weighted by Crippen LogP contribution is 2.37. The predicted octanol–water partition coefficient (Wildman–Crippen LogP) is 3.59. The van der Waals surface area contributed by atoms with Gasteiger partial charge in [0, 0.05) is 23.7 Å². The van der Waals surface area contributed by atoms with Gasteiger partial charge in [0.1, 0.15) is 0 Å². The first-order valence-electron chi connectivity index (χ1n) is 6.85. The van der Waals surface area contributed by atoms with Crippen LogP contribution < -0.4 is 5.32 Å². The Hall–Kier alpha value is -0.380. The summed E-state index contributed by atoms with van der Waals surface area (Å²) in [6, 6.07) is 7.60. The van der Waals surface area contributed by atoms with E-state index in [1.807, 2.05) is 7.11 Å². The molecule has 3 rings (SSSR count). The number of halogens is 1. The average Bonchev–Trinajstić information content (AvgIpc) is 2.98. The van der Waals surface area contributed by atoms with Crippen LogP contribution in [0, 0.1) is 0 Å². The molecule has 1 aromatic rings. The van der Waals surface area contributed by atoms with Gasteiger partial charge < -0.3 is 10.1 Å². The third-order valence-electron chi connectivity index (χ3n) is 4.38. The zero-order valence-corrected chi connectivity index (χ0v) is 12.4. The Labute approximate surface area is 117 Å². The molecule has 3 heteroatoms. The van der Waals surface area contributed by atoms with Gasteiger partial charge >= 0.3 is 0 Å². The minimum Gasteiger partial charge on any atom is -0.380 e. The van der Waals surface area contributed by atoms with Crippen LogP contribution in [0.4, 0.5) is 0 Å². The minimum absolute atomic E-state index is 0.404. The van der Waals surface area contributed by atoms with E-state index in [0.717, 1.165) is 0 Å². The van der Waals surface area contributed by atoms with E-state index in [1.165, 1.54) is 47.7 Å². The third-order valence-corrected chi connectivity index (χ3v) is 5.13. The smallest absolute Gasteiger partial charge is 0.0724 e. The van der Waals surface area contributed by atoms with Crippen LogP contribution >= 0.6 is 15.9 Å². The maximum atomic E-state index is 5.57. The van der Waals surface area contributed by atoms with E-state index < -0.39 is 0 Å². The number of hydrogen-bond donors (Lipinski definition) is 1. The first kappa shape index (κ1) is 12.6. The largest absolute Gasteiger partial charge is 0.380 e. The van der Waals surface area contributed by atoms with Crippen molar-refractivity contribution in [2.24, 2.45) is 0 Å². The molecule has 0 radical (unpaired) electrons. The van der Waals surface area contributed by atoms with E-state index in [1.54, 1.807) is 0 Å². The molecule has 0 aromatic heterocycles. The van der Waals surface area contributed by atoms with Gasteiger partial charge in [0.15, 0.2) is 0 Å². The van der Waals surface area contributed by atoms with Gasteiger partial charge in [-0.2, -0.15) is 0 Å². The summed E-state index contributed by atoms with van der Waals surface area (Å²) in [5.41, 5.74) is 2.97. The zero-order chi connectivity index (χ0) is 12.5. The Bertz CT molecular complexity index is 435. The zero-order valence-electron chi connectivity index (χ0n) is 10.8. The molecule has 0 bridgehead atoms. The van der Waals surface area contributed by atoms with E-state index in [2.05, 4.69) is 39.4 Å². The molecule has 3 atom stereocenters. The molecule has 2 nitrogen and oxygen atoms in total. The Morgan fingerprint density at radius 2 is 2.17 bits per heavy atom. The van der Waals surface area contributed by atoms with Crippen molar-refractivity contribution in [1.82, 2.24) is 5.32 Å². The normalized spacial score (nSPS) is 30.7. The first-order valence-corrected chi connectivity index (χ1v) is 7.65. The number of rotatable bonds is 3. The maximum Gasteiger partial charge on any atom is 0.0724 e. The monoisotopic (exact) mass is 309 g/mol. The van der Waals surface area contributed by atoms with Crippen LogP contribution in [0.25, 0.3) is 0 Å². The SMILES string of the molecule is COC1CCCC1NC1CCc2c(Br)cccc21. The van der Waals surface area contributed by atoms with Gasteiger partial charge in [-0.1, -0.05) is 28.1 Å². The quantitative estimate of drug-likeness (QED) is 0.921. The van der Waals surface area contributed by atoms with Crippen molar-refractivity contribution >= 4 is 15.9 Å². The van der Waals surface area contributed by atoms with Gasteiger partial charge in [0.25, 0.3) is 0 Å². The minimum atomic E-state index is 0.404. The van der Waals surface area contributed by atoms with Crippen LogP contribution in [0.3, 0.4) is 0 Å². The van der Waals surface area contributed by atoms with Crippen molar-refractivity contribution in [3.05, 3.63) is 33.8 Å². The molecule has 3 unspecified atom stereocenters. The summed E-state index contributed by atoms with van der Waals surface area (Å²) < 4.78 is 6.84. The highest BCUT2D eigenvalue weighted by atomic mass is 79.9. The van der Waals surface area contributed by atoms with Gasteiger partial charge in [-0.3, -0.25) is 0 Å². The van der Waals surface area contributed by atoms with E-state index >= 15 is 0 Å². The number of benzene rings is 1. The fourth-order valence-corrected chi connectivity index (χ4v) is 4.02. The molecular formula is C15H20BrNO. The molecule has 0 amide bonds. The lowest BCUT2D eigenvalue weighted by molar-refractivity contribution is 0.0812. The molecule has 1 N–H and O–H groups in total. The van der Waals surface area contributed by atoms with E-state index in [4.69, 9.17) is 4.74 Å². The molecule has 0 aliphatic heterocycles. The van der Waals surface area contributed by atoms with Gasteiger partial charge in [-0.15, -0.1) is 0 Å². The summed E-state index contributed by atoms with van der Waals surface area (Å²) in [6.07, 6.45) is 6.53. The summed E-state index contributed by atoms with van der Waals surface area (Å²) in [6.45, 7) is 0. The lowest BCUT2D eigenvalue weighted by atomic mass is 10.1. The first-order chi connectivity index (χ1) is 8.79. The number of nitrogens with one attached hydrogen (secondary N) is 1. The molecule has 18 heavy (non-hydrogen) atoms. The third kappa shape index (κ3) is 2.24. The summed E-state index contributed by atoms with van der Waals surface area (Å²) in [5.74, 6) is 0. The predicted molar refractivity (Wildman–Crippen MR) is 76.8 cm³/mol. The number of methoxy groups -OCH3 is 1. The maximum absolute atomic E-state index is 5.57. The van der Waals surface area contributed by atoms with Crippen LogP contribution in [0.1, 0.15) is 42.9 Å². The van der Waals surface area contributed by atoms with Crippen molar-refractivity contribution in [3.63, 3.8) is 0 Å². The lowest BCUT2D eigenvalue weighted by Crippen LogP contribution is -2.38. The summed E-state index contributed by atoms with van der Waals surface area (Å²) >= 11 is 3.66. The van der Waals surface area contributed by atoms with Crippen molar-refractivity contribution in [1.29, 1.82) is 0 Å². The van der Waals surface area contributed by atoms with E-state index in [0.29, 0.717) is 18.2 Å². The highest BCUT2D eigenvalue weighted by molar-refractivity contribution is 9.10. The Balaban J connectivity index is 1.75. The molecule has 98 valence electrons. The second-order valence-electron chi connectivity index (χ2n) is 5.38. The van der Waals surface area contributed by atoms with Crippen LogP contribution in [0.15, 0.2) is 22.7 Å². The lowest BCUT2D eigenvalue weighted by Gasteiger charge is -2.24. The molecule has 1 aromatic carbocycles. The van der Waals surface area contributed by atoms with Gasteiger partial charge in [0.2, 0.25) is 0 Å². The Kier molecular flexibility index (Phi) is 3.73. The molecule has 0 saturated heterocycles. The summed E-state index contributed by atoms with van der Waals surface area (Å²) in [4.78, 5) is 0. The molecule has 2 aliphatic rings. The van der Waals surface area contributed by atoms with Crippen LogP contribution in [-0.4, -0.2) is 19.3 Å². The number of hydrogen-bond acceptors (Lipinski definition) is 2. The Morgan fingerprint density at radius 3 is 3.00 bits per heavy atom. The van der Waals surface area contributed by atoms with E-state index in [9.17, 15) is 0 Å². The van der Waals surface area contributed by atoms with Crippen molar-refractivity contribution in [3.8, 4) is 0 Å². The summed E-state index contributed by atoms with van der Waals surface area (Å²) in [7, 11) is 1.84. The topological polar surface area (TPSA) is 21.3 Å². The van der Waals surface area contributed by atoms with Crippen molar-refractivity contribution < 1.29 is 4.74 Å². The van der Waals surface area contributed by atoms with Gasteiger partial charge in [-0.25, -0.2) is 0 Å². The Morgan fingerprint density at radius 1 is 1.28 bits per heavy atom. The van der Waals surface area contributed by atoms with Crippen LogP contribution in [0.2, 0.25) is 0 Å². The number of fused-ring (bicyclic) bond motifs is 1. The van der Waals surface area contributed by atoms with Crippen molar-refractivity contribution in [2.45, 2.75) is 50.3 Å².